The summed E-state index contributed by atoms with van der Waals surface area (Å²) in [5.41, 5.74) is 6.16. The van der Waals surface area contributed by atoms with Crippen molar-refractivity contribution in [3.05, 3.63) is 83.4 Å². The van der Waals surface area contributed by atoms with E-state index in [2.05, 4.69) is 81.3 Å². The molecule has 38 heavy (non-hydrogen) atoms. The molecule has 3 aromatic rings. The highest BCUT2D eigenvalue weighted by Gasteiger charge is 2.41. The Bertz CT molecular complexity index is 1180. The maximum atomic E-state index is 5.91. The van der Waals surface area contributed by atoms with Gasteiger partial charge in [-0.1, -0.05) is 24.3 Å². The van der Waals surface area contributed by atoms with Gasteiger partial charge in [-0.2, -0.15) is 0 Å². The maximum Gasteiger partial charge on any atom is 0.170 e. The minimum atomic E-state index is 0.0214. The quantitative estimate of drug-likeness (QED) is 0.274. The Labute approximate surface area is 232 Å². The first-order valence-corrected chi connectivity index (χ1v) is 14.3. The van der Waals surface area contributed by atoms with Crippen molar-refractivity contribution in [2.45, 2.75) is 45.3 Å². The lowest BCUT2D eigenvalue weighted by Gasteiger charge is -2.28. The summed E-state index contributed by atoms with van der Waals surface area (Å²) in [7, 11) is 0. The van der Waals surface area contributed by atoms with Gasteiger partial charge in [-0.05, 0) is 74.8 Å². The summed E-state index contributed by atoms with van der Waals surface area (Å²) >= 11 is 5.91. The molecule has 0 unspecified atom stereocenters. The van der Waals surface area contributed by atoms with Crippen LogP contribution in [0.4, 0.5) is 5.69 Å². The van der Waals surface area contributed by atoms with Crippen molar-refractivity contribution in [3.63, 3.8) is 0 Å². The third-order valence-electron chi connectivity index (χ3n) is 7.77. The number of ether oxygens (including phenoxy) is 1. The number of hydrogen-bond donors (Lipinski definition) is 2. The molecule has 0 amide bonds. The van der Waals surface area contributed by atoms with E-state index in [1.54, 1.807) is 0 Å². The zero-order valence-corrected chi connectivity index (χ0v) is 23.4. The van der Waals surface area contributed by atoms with Crippen molar-refractivity contribution >= 4 is 23.0 Å². The lowest BCUT2D eigenvalue weighted by atomic mass is 9.96. The minimum absolute atomic E-state index is 0.0214. The Balaban J connectivity index is 1.32. The number of anilines is 1. The molecular formula is C30H40N6OS. The number of morpholine rings is 1. The molecule has 1 aromatic carbocycles. The third kappa shape index (κ3) is 6.20. The van der Waals surface area contributed by atoms with E-state index in [0.29, 0.717) is 0 Å². The van der Waals surface area contributed by atoms with E-state index < -0.39 is 0 Å². The van der Waals surface area contributed by atoms with Crippen LogP contribution in [-0.4, -0.2) is 70.4 Å². The third-order valence-corrected chi connectivity index (χ3v) is 8.12. The Morgan fingerprint density at radius 1 is 1.00 bits per heavy atom. The Hall–Kier alpha value is -2.94. The lowest BCUT2D eigenvalue weighted by molar-refractivity contribution is 0.0369. The van der Waals surface area contributed by atoms with Crippen LogP contribution < -0.4 is 10.6 Å². The molecule has 2 saturated heterocycles. The normalized spacial score (nSPS) is 20.1. The van der Waals surface area contributed by atoms with E-state index in [-0.39, 0.29) is 12.1 Å². The Morgan fingerprint density at radius 3 is 2.55 bits per heavy atom. The second-order valence-electron chi connectivity index (χ2n) is 10.3. The molecule has 2 fully saturated rings. The molecule has 2 N–H and O–H groups in total. The van der Waals surface area contributed by atoms with Crippen LogP contribution in [0.1, 0.15) is 47.6 Å². The highest BCUT2D eigenvalue weighted by atomic mass is 32.1. The molecule has 7 nitrogen and oxygen atoms in total. The summed E-state index contributed by atoms with van der Waals surface area (Å²) in [5, 5.41) is 7.96. The van der Waals surface area contributed by atoms with Gasteiger partial charge in [-0.15, -0.1) is 0 Å². The lowest BCUT2D eigenvalue weighted by Crippen LogP contribution is -2.37. The highest BCUT2D eigenvalue weighted by Crippen LogP contribution is 2.40. The number of nitrogens with zero attached hydrogens (tertiary/aromatic N) is 4. The van der Waals surface area contributed by atoms with E-state index in [1.807, 2.05) is 18.3 Å². The topological polar surface area (TPSA) is 57.6 Å². The van der Waals surface area contributed by atoms with Crippen molar-refractivity contribution < 1.29 is 4.74 Å². The van der Waals surface area contributed by atoms with Gasteiger partial charge in [0.2, 0.25) is 0 Å². The average molecular weight is 533 g/mol. The molecule has 4 heterocycles. The van der Waals surface area contributed by atoms with Crippen LogP contribution in [0.5, 0.6) is 0 Å². The number of aryl methyl sites for hydroxylation is 1. The number of hydrogen-bond acceptors (Lipinski definition) is 5. The summed E-state index contributed by atoms with van der Waals surface area (Å²) in [6, 6.07) is 19.0. The second-order valence-corrected chi connectivity index (χ2v) is 10.6. The second kappa shape index (κ2) is 12.7. The van der Waals surface area contributed by atoms with Crippen molar-refractivity contribution in [2.24, 2.45) is 0 Å². The van der Waals surface area contributed by atoms with Crippen LogP contribution in [0, 0.1) is 13.8 Å². The average Bonchev–Trinajstić information content (AvgIpc) is 3.43. The smallest absolute Gasteiger partial charge is 0.170 e. The number of aromatic nitrogens is 2. The van der Waals surface area contributed by atoms with Crippen molar-refractivity contribution in [3.8, 4) is 0 Å². The molecule has 0 saturated carbocycles. The van der Waals surface area contributed by atoms with Crippen LogP contribution in [-0.2, 0) is 11.3 Å². The molecule has 0 bridgehead atoms. The molecule has 0 spiro atoms. The first kappa shape index (κ1) is 26.7. The summed E-state index contributed by atoms with van der Waals surface area (Å²) in [4.78, 5) is 9.61. The van der Waals surface area contributed by atoms with Crippen molar-refractivity contribution in [2.75, 3.05) is 51.3 Å². The predicted octanol–water partition coefficient (Wildman–Crippen LogP) is 4.70. The molecule has 5 rings (SSSR count). The van der Waals surface area contributed by atoms with Crippen LogP contribution in [0.25, 0.3) is 0 Å². The monoisotopic (exact) mass is 532 g/mol. The van der Waals surface area contributed by atoms with E-state index in [9.17, 15) is 0 Å². The van der Waals surface area contributed by atoms with Crippen LogP contribution >= 0.6 is 12.2 Å². The largest absolute Gasteiger partial charge is 0.385 e. The van der Waals surface area contributed by atoms with Gasteiger partial charge in [0.15, 0.2) is 5.11 Å². The fraction of sp³-hybridized carbons (Fsp3) is 0.467. The molecule has 2 aromatic heterocycles. The zero-order valence-electron chi connectivity index (χ0n) is 22.6. The molecule has 2 atom stereocenters. The number of nitrogens with one attached hydrogen (secondary N) is 2. The van der Waals surface area contributed by atoms with Gasteiger partial charge in [-0.3, -0.25) is 9.88 Å². The van der Waals surface area contributed by atoms with Crippen LogP contribution in [0.3, 0.4) is 0 Å². The van der Waals surface area contributed by atoms with E-state index in [4.69, 9.17) is 21.9 Å². The molecule has 0 aliphatic carbocycles. The fourth-order valence-corrected chi connectivity index (χ4v) is 6.10. The van der Waals surface area contributed by atoms with Crippen molar-refractivity contribution in [1.82, 2.24) is 24.7 Å². The first-order valence-electron chi connectivity index (χ1n) is 13.9. The first-order chi connectivity index (χ1) is 18.6. The molecule has 202 valence electrons. The molecular weight excluding hydrogens is 492 g/mol. The SMILES string of the molecule is Cc1cc([C@H]2[C@H](c3ccccn3)NC(=S)N2CCCNc2ccccc2)c(C)n1CCCN1CCOCC1. The predicted molar refractivity (Wildman–Crippen MR) is 157 cm³/mol. The molecule has 0 radical (unpaired) electrons. The summed E-state index contributed by atoms with van der Waals surface area (Å²) in [5.74, 6) is 0. The van der Waals surface area contributed by atoms with E-state index >= 15 is 0 Å². The number of pyridine rings is 1. The van der Waals surface area contributed by atoms with Gasteiger partial charge in [0.1, 0.15) is 0 Å². The fourth-order valence-electron chi connectivity index (χ4n) is 5.77. The molecule has 2 aliphatic rings. The van der Waals surface area contributed by atoms with E-state index in [0.717, 1.165) is 81.8 Å². The zero-order chi connectivity index (χ0) is 26.3. The van der Waals surface area contributed by atoms with Crippen LogP contribution in [0.2, 0.25) is 0 Å². The number of thiocarbonyl (C=S) groups is 1. The van der Waals surface area contributed by atoms with Crippen LogP contribution in [0.15, 0.2) is 60.8 Å². The number of benzene rings is 1. The maximum absolute atomic E-state index is 5.91. The van der Waals surface area contributed by atoms with Gasteiger partial charge >= 0.3 is 0 Å². The summed E-state index contributed by atoms with van der Waals surface area (Å²) in [6.45, 7) is 12.2. The van der Waals surface area contributed by atoms with Crippen molar-refractivity contribution in [1.29, 1.82) is 0 Å². The molecule has 2 aliphatic heterocycles. The Morgan fingerprint density at radius 2 is 1.79 bits per heavy atom. The Kier molecular flexibility index (Phi) is 8.94. The minimum Gasteiger partial charge on any atom is -0.385 e. The summed E-state index contributed by atoms with van der Waals surface area (Å²) in [6.07, 6.45) is 3.99. The van der Waals surface area contributed by atoms with Gasteiger partial charge in [-0.25, -0.2) is 0 Å². The van der Waals surface area contributed by atoms with Gasteiger partial charge in [0.05, 0.1) is 31.0 Å². The number of para-hydroxylation sites is 1. The molecule has 8 heteroatoms. The van der Waals surface area contributed by atoms with Gasteiger partial charge in [0.25, 0.3) is 0 Å². The number of rotatable bonds is 11. The standard InChI is InChI=1S/C30H40N6OS/c1-23-22-26(24(2)35(23)17-9-15-34-18-20-37-21-19-34)29-28(27-12-6-7-13-32-27)33-30(38)36(29)16-8-14-31-25-10-4-3-5-11-25/h3-7,10-13,22,28-29,31H,8-9,14-21H2,1-2H3,(H,33,38)/t28-,29-/m0/s1. The highest BCUT2D eigenvalue weighted by molar-refractivity contribution is 7.80. The van der Waals surface area contributed by atoms with Gasteiger partial charge in [0, 0.05) is 62.5 Å². The van der Waals surface area contributed by atoms with Gasteiger partial charge < -0.3 is 24.8 Å². The summed E-state index contributed by atoms with van der Waals surface area (Å²) < 4.78 is 8.00. The van der Waals surface area contributed by atoms with E-state index in [1.165, 1.54) is 17.0 Å².